The first-order valence-electron chi connectivity index (χ1n) is 6.01. The van der Waals surface area contributed by atoms with Crippen LogP contribution in [0.2, 0.25) is 0 Å². The fraction of sp³-hybridized carbons (Fsp3) is 0.462. The molecule has 18 heavy (non-hydrogen) atoms. The van der Waals surface area contributed by atoms with Crippen molar-refractivity contribution in [3.05, 3.63) is 23.8 Å². The number of hydrogen-bond acceptors (Lipinski definition) is 4. The van der Waals surface area contributed by atoms with Gasteiger partial charge in [-0.25, -0.2) is 0 Å². The van der Waals surface area contributed by atoms with E-state index >= 15 is 0 Å². The molecule has 1 aromatic carbocycles. The lowest BCUT2D eigenvalue weighted by Crippen LogP contribution is -2.19. The van der Waals surface area contributed by atoms with Crippen LogP contribution in [0.3, 0.4) is 0 Å². The lowest BCUT2D eigenvalue weighted by Gasteiger charge is -2.11. The molecular formula is C13H20N2O3. The van der Waals surface area contributed by atoms with Gasteiger partial charge in [-0.05, 0) is 18.6 Å². The Morgan fingerprint density at radius 2 is 2.11 bits per heavy atom. The van der Waals surface area contributed by atoms with Crippen molar-refractivity contribution in [3.8, 4) is 5.75 Å². The van der Waals surface area contributed by atoms with Crippen LogP contribution in [0.4, 0.5) is 5.69 Å². The van der Waals surface area contributed by atoms with E-state index in [0.29, 0.717) is 36.8 Å². The third-order valence-electron chi connectivity index (χ3n) is 2.31. The normalized spacial score (nSPS) is 10.1. The highest BCUT2D eigenvalue weighted by Gasteiger charge is 2.11. The molecule has 3 N–H and O–H groups in total. The summed E-state index contributed by atoms with van der Waals surface area (Å²) in [4.78, 5) is 11.6. The predicted molar refractivity (Wildman–Crippen MR) is 70.8 cm³/mol. The van der Waals surface area contributed by atoms with Crippen LogP contribution in [-0.2, 0) is 4.74 Å². The predicted octanol–water partition coefficient (Wildman–Crippen LogP) is 1.43. The summed E-state index contributed by atoms with van der Waals surface area (Å²) in [5.74, 6) is 0.286. The zero-order chi connectivity index (χ0) is 13.4. The van der Waals surface area contributed by atoms with Gasteiger partial charge in [0.2, 0.25) is 0 Å². The first-order valence-corrected chi connectivity index (χ1v) is 6.01. The van der Waals surface area contributed by atoms with Crippen LogP contribution >= 0.6 is 0 Å². The second kappa shape index (κ2) is 7.55. The Morgan fingerprint density at radius 3 is 2.78 bits per heavy atom. The fourth-order valence-corrected chi connectivity index (χ4v) is 1.44. The average Bonchev–Trinajstić information content (AvgIpc) is 2.38. The third kappa shape index (κ3) is 4.25. The molecule has 1 rings (SSSR count). The van der Waals surface area contributed by atoms with Gasteiger partial charge in [0.05, 0.1) is 12.2 Å². The molecule has 5 heteroatoms. The number of carbonyl (C=O) groups is 1. The number of benzene rings is 1. The molecule has 0 aromatic heterocycles. The number of amides is 1. The smallest absolute Gasteiger partial charge is 0.254 e. The van der Waals surface area contributed by atoms with Gasteiger partial charge in [-0.1, -0.05) is 6.92 Å². The second-order valence-corrected chi connectivity index (χ2v) is 3.80. The summed E-state index contributed by atoms with van der Waals surface area (Å²) >= 11 is 0. The van der Waals surface area contributed by atoms with E-state index in [2.05, 4.69) is 5.32 Å². The van der Waals surface area contributed by atoms with Crippen LogP contribution < -0.4 is 15.8 Å². The standard InChI is InChI=1S/C13H20N2O3/c1-3-6-17-7-8-18-12-9-10(14)4-5-11(12)13(16)15-2/h4-5,9H,3,6-8,14H2,1-2H3,(H,15,16). The minimum Gasteiger partial charge on any atom is -0.490 e. The molecule has 0 fully saturated rings. The van der Waals surface area contributed by atoms with Gasteiger partial charge in [0.25, 0.3) is 5.91 Å². The van der Waals surface area contributed by atoms with E-state index in [9.17, 15) is 4.79 Å². The van der Waals surface area contributed by atoms with Crippen molar-refractivity contribution in [1.29, 1.82) is 0 Å². The second-order valence-electron chi connectivity index (χ2n) is 3.80. The van der Waals surface area contributed by atoms with E-state index in [1.165, 1.54) is 0 Å². The van der Waals surface area contributed by atoms with Gasteiger partial charge in [-0.3, -0.25) is 4.79 Å². The van der Waals surface area contributed by atoms with E-state index in [0.717, 1.165) is 6.42 Å². The quantitative estimate of drug-likeness (QED) is 0.569. The van der Waals surface area contributed by atoms with Gasteiger partial charge in [0.1, 0.15) is 12.4 Å². The highest BCUT2D eigenvalue weighted by atomic mass is 16.5. The van der Waals surface area contributed by atoms with Gasteiger partial charge in [0.15, 0.2) is 0 Å². The van der Waals surface area contributed by atoms with E-state index in [1.807, 2.05) is 6.92 Å². The highest BCUT2D eigenvalue weighted by molar-refractivity contribution is 5.97. The van der Waals surface area contributed by atoms with E-state index in [1.54, 1.807) is 25.2 Å². The van der Waals surface area contributed by atoms with Crippen LogP contribution in [0.1, 0.15) is 23.7 Å². The first-order chi connectivity index (χ1) is 8.69. The molecule has 0 spiro atoms. The molecule has 100 valence electrons. The SMILES string of the molecule is CCCOCCOc1cc(N)ccc1C(=O)NC. The van der Waals surface area contributed by atoms with Gasteiger partial charge < -0.3 is 20.5 Å². The number of nitrogens with one attached hydrogen (secondary N) is 1. The summed E-state index contributed by atoms with van der Waals surface area (Å²) in [6.45, 7) is 3.65. The number of carbonyl (C=O) groups excluding carboxylic acids is 1. The molecule has 0 aliphatic rings. The topological polar surface area (TPSA) is 73.6 Å². The molecular weight excluding hydrogens is 232 g/mol. The number of nitrogen functional groups attached to an aromatic ring is 1. The summed E-state index contributed by atoms with van der Waals surface area (Å²) in [5.41, 5.74) is 6.71. The number of ether oxygens (including phenoxy) is 2. The van der Waals surface area contributed by atoms with Crippen molar-refractivity contribution in [1.82, 2.24) is 5.32 Å². The van der Waals surface area contributed by atoms with Crippen molar-refractivity contribution in [2.75, 3.05) is 32.6 Å². The Kier molecular flexibility index (Phi) is 6.00. The van der Waals surface area contributed by atoms with Crippen molar-refractivity contribution >= 4 is 11.6 Å². The largest absolute Gasteiger partial charge is 0.490 e. The van der Waals surface area contributed by atoms with E-state index in [4.69, 9.17) is 15.2 Å². The minimum absolute atomic E-state index is 0.195. The summed E-state index contributed by atoms with van der Waals surface area (Å²) in [6, 6.07) is 4.96. The molecule has 0 unspecified atom stereocenters. The molecule has 0 aliphatic carbocycles. The highest BCUT2D eigenvalue weighted by Crippen LogP contribution is 2.21. The maximum absolute atomic E-state index is 11.6. The summed E-state index contributed by atoms with van der Waals surface area (Å²) in [7, 11) is 1.58. The Hall–Kier alpha value is -1.75. The first kappa shape index (κ1) is 14.3. The maximum Gasteiger partial charge on any atom is 0.254 e. The monoisotopic (exact) mass is 252 g/mol. The zero-order valence-electron chi connectivity index (χ0n) is 10.9. The van der Waals surface area contributed by atoms with E-state index < -0.39 is 0 Å². The van der Waals surface area contributed by atoms with Crippen molar-refractivity contribution in [2.45, 2.75) is 13.3 Å². The number of hydrogen-bond donors (Lipinski definition) is 2. The fourth-order valence-electron chi connectivity index (χ4n) is 1.44. The van der Waals surface area contributed by atoms with Crippen molar-refractivity contribution < 1.29 is 14.3 Å². The molecule has 0 radical (unpaired) electrons. The van der Waals surface area contributed by atoms with Crippen LogP contribution in [0.15, 0.2) is 18.2 Å². The van der Waals surface area contributed by atoms with Crippen LogP contribution in [-0.4, -0.2) is 32.8 Å². The van der Waals surface area contributed by atoms with Gasteiger partial charge in [-0.15, -0.1) is 0 Å². The zero-order valence-corrected chi connectivity index (χ0v) is 10.9. The molecule has 0 saturated heterocycles. The Morgan fingerprint density at radius 1 is 1.33 bits per heavy atom. The molecule has 5 nitrogen and oxygen atoms in total. The Balaban J connectivity index is 2.62. The molecule has 0 aliphatic heterocycles. The molecule has 1 amide bonds. The lowest BCUT2D eigenvalue weighted by atomic mass is 10.1. The molecule has 0 heterocycles. The summed E-state index contributed by atoms with van der Waals surface area (Å²) in [5, 5.41) is 2.56. The van der Waals surface area contributed by atoms with Crippen LogP contribution in [0.5, 0.6) is 5.75 Å². The molecule has 0 saturated carbocycles. The Bertz CT molecular complexity index is 394. The number of anilines is 1. The minimum atomic E-state index is -0.195. The number of rotatable bonds is 7. The van der Waals surface area contributed by atoms with Crippen molar-refractivity contribution in [2.24, 2.45) is 0 Å². The summed E-state index contributed by atoms with van der Waals surface area (Å²) in [6.07, 6.45) is 0.974. The third-order valence-corrected chi connectivity index (χ3v) is 2.31. The maximum atomic E-state index is 11.6. The molecule has 0 bridgehead atoms. The lowest BCUT2D eigenvalue weighted by molar-refractivity contribution is 0.0931. The molecule has 1 aromatic rings. The van der Waals surface area contributed by atoms with Crippen LogP contribution in [0.25, 0.3) is 0 Å². The number of nitrogens with two attached hydrogens (primary N) is 1. The van der Waals surface area contributed by atoms with Crippen molar-refractivity contribution in [3.63, 3.8) is 0 Å². The van der Waals surface area contributed by atoms with Gasteiger partial charge in [-0.2, -0.15) is 0 Å². The summed E-state index contributed by atoms with van der Waals surface area (Å²) < 4.78 is 10.8. The average molecular weight is 252 g/mol. The van der Waals surface area contributed by atoms with Crippen LogP contribution in [0, 0.1) is 0 Å². The van der Waals surface area contributed by atoms with E-state index in [-0.39, 0.29) is 5.91 Å². The molecule has 0 atom stereocenters. The Labute approximate surface area is 107 Å². The van der Waals surface area contributed by atoms with Gasteiger partial charge in [0, 0.05) is 25.4 Å². The van der Waals surface area contributed by atoms with Gasteiger partial charge >= 0.3 is 0 Å².